The Labute approximate surface area is 96.9 Å². The van der Waals surface area contributed by atoms with Crippen LogP contribution in [0.3, 0.4) is 0 Å². The minimum atomic E-state index is -2.84. The van der Waals surface area contributed by atoms with Crippen molar-refractivity contribution in [3.63, 3.8) is 0 Å². The van der Waals surface area contributed by atoms with Crippen LogP contribution in [-0.2, 0) is 0 Å². The average Bonchev–Trinajstić information content (AvgIpc) is 2.28. The van der Waals surface area contributed by atoms with Gasteiger partial charge in [-0.05, 0) is 25.1 Å². The highest BCUT2D eigenvalue weighted by Gasteiger charge is 2.18. The Morgan fingerprint density at radius 2 is 2.00 bits per heavy atom. The molecule has 0 fully saturated rings. The highest BCUT2D eigenvalue weighted by Crippen LogP contribution is 2.24. The number of aliphatic hydroxyl groups excluding tert-OH is 1. The third kappa shape index (κ3) is 3.90. The van der Waals surface area contributed by atoms with Gasteiger partial charge in [0.2, 0.25) is 0 Å². The fourth-order valence-corrected chi connectivity index (χ4v) is 1.37. The first-order chi connectivity index (χ1) is 7.91. The fraction of sp³-hybridized carbons (Fsp3) is 0.455. The maximum absolute atomic E-state index is 12.9. The molecule has 17 heavy (non-hydrogen) atoms. The zero-order valence-electron chi connectivity index (χ0n) is 9.20. The molecule has 0 aliphatic heterocycles. The smallest absolute Gasteiger partial charge is 0.265 e. The molecule has 1 aromatic rings. The molecule has 0 radical (unpaired) electrons. The topological polar surface area (TPSA) is 52.5 Å². The number of aliphatic hydroxyl groups is 1. The van der Waals surface area contributed by atoms with Gasteiger partial charge in [-0.15, -0.1) is 0 Å². The minimum Gasteiger partial charge on any atom is -0.508 e. The van der Waals surface area contributed by atoms with E-state index in [1.54, 1.807) is 6.92 Å². The van der Waals surface area contributed by atoms with Crippen LogP contribution in [0.2, 0.25) is 0 Å². The van der Waals surface area contributed by atoms with Gasteiger partial charge >= 0.3 is 0 Å². The molecule has 6 heteroatoms. The lowest BCUT2D eigenvalue weighted by atomic mass is 10.1. The SMILES string of the molecule is CC(NCC(O)C(F)F)c1cc(F)ccc1O. The van der Waals surface area contributed by atoms with Crippen LogP contribution >= 0.6 is 0 Å². The number of phenols is 1. The number of hydrogen-bond donors (Lipinski definition) is 3. The maximum Gasteiger partial charge on any atom is 0.265 e. The molecular formula is C11H14F3NO2. The van der Waals surface area contributed by atoms with Crippen molar-refractivity contribution in [1.29, 1.82) is 0 Å². The number of rotatable bonds is 5. The molecular weight excluding hydrogens is 235 g/mol. The van der Waals surface area contributed by atoms with Gasteiger partial charge in [0.15, 0.2) is 0 Å². The molecule has 96 valence electrons. The highest BCUT2D eigenvalue weighted by atomic mass is 19.3. The van der Waals surface area contributed by atoms with E-state index in [9.17, 15) is 18.3 Å². The predicted octanol–water partition coefficient (Wildman–Crippen LogP) is 1.81. The van der Waals surface area contributed by atoms with Crippen molar-refractivity contribution in [3.8, 4) is 5.75 Å². The summed E-state index contributed by atoms with van der Waals surface area (Å²) in [6, 6.07) is 2.85. The molecule has 0 bridgehead atoms. The summed E-state index contributed by atoms with van der Waals surface area (Å²) in [5, 5.41) is 21.0. The zero-order chi connectivity index (χ0) is 13.0. The van der Waals surface area contributed by atoms with E-state index in [0.717, 1.165) is 12.1 Å². The number of phenolic OH excluding ortho intramolecular Hbond substituents is 1. The van der Waals surface area contributed by atoms with E-state index in [2.05, 4.69) is 5.32 Å². The number of halogens is 3. The molecule has 1 aromatic carbocycles. The van der Waals surface area contributed by atoms with Crippen molar-refractivity contribution in [2.24, 2.45) is 0 Å². The highest BCUT2D eigenvalue weighted by molar-refractivity contribution is 5.34. The van der Waals surface area contributed by atoms with Crippen molar-refractivity contribution in [3.05, 3.63) is 29.6 Å². The molecule has 0 aliphatic rings. The van der Waals surface area contributed by atoms with E-state index in [1.165, 1.54) is 6.07 Å². The monoisotopic (exact) mass is 249 g/mol. The second kappa shape index (κ2) is 5.88. The Balaban J connectivity index is 2.63. The van der Waals surface area contributed by atoms with Crippen LogP contribution in [0.1, 0.15) is 18.5 Å². The van der Waals surface area contributed by atoms with Gasteiger partial charge in [0, 0.05) is 18.2 Å². The summed E-state index contributed by atoms with van der Waals surface area (Å²) in [6.07, 6.45) is -4.62. The van der Waals surface area contributed by atoms with Crippen molar-refractivity contribution >= 4 is 0 Å². The van der Waals surface area contributed by atoms with Crippen LogP contribution in [0.15, 0.2) is 18.2 Å². The van der Waals surface area contributed by atoms with Crippen LogP contribution in [0.5, 0.6) is 5.75 Å². The van der Waals surface area contributed by atoms with Gasteiger partial charge in [0.25, 0.3) is 6.43 Å². The Morgan fingerprint density at radius 3 is 2.59 bits per heavy atom. The van der Waals surface area contributed by atoms with Crippen molar-refractivity contribution in [2.45, 2.75) is 25.5 Å². The van der Waals surface area contributed by atoms with Crippen molar-refractivity contribution < 1.29 is 23.4 Å². The lowest BCUT2D eigenvalue weighted by molar-refractivity contribution is -0.00442. The molecule has 0 aliphatic carbocycles. The molecule has 0 saturated carbocycles. The lowest BCUT2D eigenvalue weighted by Crippen LogP contribution is -2.33. The van der Waals surface area contributed by atoms with E-state index in [0.29, 0.717) is 0 Å². The molecule has 0 heterocycles. The molecule has 0 saturated heterocycles. The zero-order valence-corrected chi connectivity index (χ0v) is 9.20. The first-order valence-electron chi connectivity index (χ1n) is 5.10. The van der Waals surface area contributed by atoms with E-state index in [4.69, 9.17) is 5.11 Å². The second-order valence-corrected chi connectivity index (χ2v) is 3.73. The van der Waals surface area contributed by atoms with Gasteiger partial charge in [-0.1, -0.05) is 0 Å². The van der Waals surface area contributed by atoms with Crippen LogP contribution in [0.25, 0.3) is 0 Å². The molecule has 3 nitrogen and oxygen atoms in total. The largest absolute Gasteiger partial charge is 0.508 e. The standard InChI is InChI=1S/C11H14F3NO2/c1-6(15-5-10(17)11(13)14)8-4-7(12)2-3-9(8)16/h2-4,6,10-11,15-17H,5H2,1H3. The molecule has 1 rings (SSSR count). The fourth-order valence-electron chi connectivity index (χ4n) is 1.37. The normalized spacial score (nSPS) is 14.9. The number of hydrogen-bond acceptors (Lipinski definition) is 3. The first-order valence-corrected chi connectivity index (χ1v) is 5.10. The first kappa shape index (κ1) is 13.8. The second-order valence-electron chi connectivity index (χ2n) is 3.73. The molecule has 2 atom stereocenters. The number of aromatic hydroxyl groups is 1. The number of benzene rings is 1. The summed E-state index contributed by atoms with van der Waals surface area (Å²) in [7, 11) is 0. The van der Waals surface area contributed by atoms with Gasteiger partial charge in [-0.3, -0.25) is 0 Å². The molecule has 2 unspecified atom stereocenters. The maximum atomic E-state index is 12.9. The number of alkyl halides is 2. The van der Waals surface area contributed by atoms with Crippen LogP contribution in [0, 0.1) is 5.82 Å². The van der Waals surface area contributed by atoms with Crippen molar-refractivity contribution in [1.82, 2.24) is 5.32 Å². The molecule has 3 N–H and O–H groups in total. The van der Waals surface area contributed by atoms with Crippen LogP contribution < -0.4 is 5.32 Å². The quantitative estimate of drug-likeness (QED) is 0.746. The summed E-state index contributed by atoms with van der Waals surface area (Å²) in [4.78, 5) is 0. The molecule has 0 spiro atoms. The minimum absolute atomic E-state index is 0.127. The predicted molar refractivity (Wildman–Crippen MR) is 56.5 cm³/mol. The summed E-state index contributed by atoms with van der Waals surface area (Å²) in [6.45, 7) is 1.24. The third-order valence-electron chi connectivity index (χ3n) is 2.38. The van der Waals surface area contributed by atoms with Gasteiger partial charge in [-0.25, -0.2) is 13.2 Å². The van der Waals surface area contributed by atoms with Gasteiger partial charge < -0.3 is 15.5 Å². The van der Waals surface area contributed by atoms with E-state index in [-0.39, 0.29) is 17.9 Å². The third-order valence-corrected chi connectivity index (χ3v) is 2.38. The number of nitrogens with one attached hydrogen (secondary N) is 1. The summed E-state index contributed by atoms with van der Waals surface area (Å²) in [5.41, 5.74) is 0.256. The van der Waals surface area contributed by atoms with Crippen molar-refractivity contribution in [2.75, 3.05) is 6.54 Å². The average molecular weight is 249 g/mol. The Kier molecular flexibility index (Phi) is 4.77. The van der Waals surface area contributed by atoms with E-state index >= 15 is 0 Å². The summed E-state index contributed by atoms with van der Waals surface area (Å²) in [5.74, 6) is -0.654. The molecule has 0 aromatic heterocycles. The van der Waals surface area contributed by atoms with Gasteiger partial charge in [0.05, 0.1) is 0 Å². The van der Waals surface area contributed by atoms with Gasteiger partial charge in [0.1, 0.15) is 17.7 Å². The van der Waals surface area contributed by atoms with Crippen LogP contribution in [-0.4, -0.2) is 29.3 Å². The Morgan fingerprint density at radius 1 is 1.35 bits per heavy atom. The van der Waals surface area contributed by atoms with Crippen LogP contribution in [0.4, 0.5) is 13.2 Å². The molecule has 0 amide bonds. The lowest BCUT2D eigenvalue weighted by Gasteiger charge is -2.18. The Hall–Kier alpha value is -1.27. The van der Waals surface area contributed by atoms with E-state index in [1.807, 2.05) is 0 Å². The van der Waals surface area contributed by atoms with E-state index < -0.39 is 24.4 Å². The summed E-state index contributed by atoms with van der Waals surface area (Å²) >= 11 is 0. The summed E-state index contributed by atoms with van der Waals surface area (Å²) < 4.78 is 37.0. The van der Waals surface area contributed by atoms with Gasteiger partial charge in [-0.2, -0.15) is 0 Å². The Bertz CT molecular complexity index is 374.